The van der Waals surface area contributed by atoms with Crippen LogP contribution in [0.2, 0.25) is 0 Å². The predicted octanol–water partition coefficient (Wildman–Crippen LogP) is 3.11. The van der Waals surface area contributed by atoms with Gasteiger partial charge >= 0.3 is 6.18 Å². The largest absolute Gasteiger partial charge is 0.416 e. The molecule has 6 nitrogen and oxygen atoms in total. The molecular formula is C17H16F3N5O. The van der Waals surface area contributed by atoms with E-state index in [4.69, 9.17) is 4.74 Å². The van der Waals surface area contributed by atoms with E-state index in [2.05, 4.69) is 15.2 Å². The number of anilines is 1. The van der Waals surface area contributed by atoms with Gasteiger partial charge in [-0.05, 0) is 24.6 Å². The van der Waals surface area contributed by atoms with Crippen LogP contribution in [0.4, 0.5) is 19.0 Å². The van der Waals surface area contributed by atoms with Crippen LogP contribution >= 0.6 is 0 Å². The number of fused-ring (bicyclic) bond motifs is 1. The monoisotopic (exact) mass is 363 g/mol. The molecule has 2 atom stereocenters. The standard InChI is InChI=1S/C17H16F3N5O/c1-11-8-25(15-16-23-22-10-24(16)6-5-21-15)9-14(26-11)12-3-2-4-13(7-12)17(18,19)20/h2-7,10-11,14H,8-9H2,1H3. The molecule has 0 amide bonds. The van der Waals surface area contributed by atoms with Gasteiger partial charge in [0.15, 0.2) is 5.82 Å². The third kappa shape index (κ3) is 3.10. The van der Waals surface area contributed by atoms with Crippen molar-refractivity contribution in [3.63, 3.8) is 0 Å². The summed E-state index contributed by atoms with van der Waals surface area (Å²) in [4.78, 5) is 6.36. The molecule has 0 aliphatic carbocycles. The molecule has 1 aliphatic heterocycles. The first kappa shape index (κ1) is 16.8. The molecule has 136 valence electrons. The van der Waals surface area contributed by atoms with E-state index in [0.29, 0.717) is 30.1 Å². The van der Waals surface area contributed by atoms with Gasteiger partial charge in [-0.25, -0.2) is 4.98 Å². The summed E-state index contributed by atoms with van der Waals surface area (Å²) < 4.78 is 46.7. The zero-order chi connectivity index (χ0) is 18.3. The van der Waals surface area contributed by atoms with Crippen LogP contribution in [0.1, 0.15) is 24.2 Å². The number of morpholine rings is 1. The number of rotatable bonds is 2. The van der Waals surface area contributed by atoms with E-state index in [1.165, 1.54) is 6.07 Å². The smallest absolute Gasteiger partial charge is 0.367 e. The molecule has 1 fully saturated rings. The molecule has 1 aliphatic rings. The van der Waals surface area contributed by atoms with Crippen molar-refractivity contribution in [3.8, 4) is 0 Å². The molecule has 1 saturated heterocycles. The number of hydrogen-bond donors (Lipinski definition) is 0. The first-order valence-corrected chi connectivity index (χ1v) is 8.14. The predicted molar refractivity (Wildman–Crippen MR) is 87.7 cm³/mol. The van der Waals surface area contributed by atoms with E-state index in [1.807, 2.05) is 11.8 Å². The van der Waals surface area contributed by atoms with Gasteiger partial charge in [-0.15, -0.1) is 10.2 Å². The van der Waals surface area contributed by atoms with E-state index in [0.717, 1.165) is 12.1 Å². The third-order valence-corrected chi connectivity index (χ3v) is 4.34. The molecule has 0 radical (unpaired) electrons. The maximum Gasteiger partial charge on any atom is 0.416 e. The van der Waals surface area contributed by atoms with Gasteiger partial charge in [0.2, 0.25) is 5.65 Å². The van der Waals surface area contributed by atoms with Gasteiger partial charge in [0.05, 0.1) is 18.2 Å². The fourth-order valence-corrected chi connectivity index (χ4v) is 3.19. The second kappa shape index (κ2) is 6.24. The molecule has 4 rings (SSSR count). The Labute approximate surface area is 147 Å². The van der Waals surface area contributed by atoms with E-state index in [-0.39, 0.29) is 6.10 Å². The van der Waals surface area contributed by atoms with Crippen LogP contribution in [0.3, 0.4) is 0 Å². The second-order valence-corrected chi connectivity index (χ2v) is 6.28. The summed E-state index contributed by atoms with van der Waals surface area (Å²) in [6.45, 7) is 2.83. The van der Waals surface area contributed by atoms with Gasteiger partial charge in [0, 0.05) is 18.9 Å². The lowest BCUT2D eigenvalue weighted by molar-refractivity contribution is -0.137. The molecule has 0 N–H and O–H groups in total. The lowest BCUT2D eigenvalue weighted by Gasteiger charge is -2.37. The van der Waals surface area contributed by atoms with Crippen LogP contribution in [0, 0.1) is 0 Å². The Morgan fingerprint density at radius 3 is 2.88 bits per heavy atom. The van der Waals surface area contributed by atoms with E-state index in [9.17, 15) is 13.2 Å². The molecule has 0 spiro atoms. The zero-order valence-corrected chi connectivity index (χ0v) is 13.9. The summed E-state index contributed by atoms with van der Waals surface area (Å²) in [5.41, 5.74) is 0.412. The summed E-state index contributed by atoms with van der Waals surface area (Å²) in [5.74, 6) is 0.636. The summed E-state index contributed by atoms with van der Waals surface area (Å²) >= 11 is 0. The molecule has 9 heteroatoms. The third-order valence-electron chi connectivity index (χ3n) is 4.34. The fourth-order valence-electron chi connectivity index (χ4n) is 3.19. The Balaban J connectivity index is 1.66. The van der Waals surface area contributed by atoms with Gasteiger partial charge in [-0.1, -0.05) is 12.1 Å². The highest BCUT2D eigenvalue weighted by molar-refractivity contribution is 5.63. The highest BCUT2D eigenvalue weighted by Crippen LogP contribution is 2.34. The second-order valence-electron chi connectivity index (χ2n) is 6.28. The summed E-state index contributed by atoms with van der Waals surface area (Å²) in [6.07, 6.45) is -0.0865. The molecule has 0 bridgehead atoms. The van der Waals surface area contributed by atoms with E-state index in [1.54, 1.807) is 29.2 Å². The maximum atomic E-state index is 13.0. The van der Waals surface area contributed by atoms with Crippen molar-refractivity contribution >= 4 is 11.5 Å². The van der Waals surface area contributed by atoms with Crippen molar-refractivity contribution in [2.24, 2.45) is 0 Å². The number of aromatic nitrogens is 4. The summed E-state index contributed by atoms with van der Waals surface area (Å²) in [5, 5.41) is 7.96. The number of nitrogens with zero attached hydrogens (tertiary/aromatic N) is 5. The zero-order valence-electron chi connectivity index (χ0n) is 13.9. The Morgan fingerprint density at radius 2 is 2.08 bits per heavy atom. The average molecular weight is 363 g/mol. The highest BCUT2D eigenvalue weighted by atomic mass is 19.4. The maximum absolute atomic E-state index is 13.0. The lowest BCUT2D eigenvalue weighted by Crippen LogP contribution is -2.43. The fraction of sp³-hybridized carbons (Fsp3) is 0.353. The van der Waals surface area contributed by atoms with E-state index < -0.39 is 17.8 Å². The van der Waals surface area contributed by atoms with Crippen LogP contribution in [0.5, 0.6) is 0 Å². The first-order valence-electron chi connectivity index (χ1n) is 8.14. The molecular weight excluding hydrogens is 347 g/mol. The summed E-state index contributed by atoms with van der Waals surface area (Å²) in [6, 6.07) is 5.27. The Bertz CT molecular complexity index is 926. The van der Waals surface area contributed by atoms with Gasteiger partial charge < -0.3 is 9.64 Å². The Hall–Kier alpha value is -2.68. The van der Waals surface area contributed by atoms with Gasteiger partial charge in [-0.2, -0.15) is 13.2 Å². The quantitative estimate of drug-likeness (QED) is 0.700. The van der Waals surface area contributed by atoms with Crippen LogP contribution in [0.15, 0.2) is 43.0 Å². The minimum Gasteiger partial charge on any atom is -0.367 e. The van der Waals surface area contributed by atoms with Crippen LogP contribution < -0.4 is 4.90 Å². The molecule has 26 heavy (non-hydrogen) atoms. The molecule has 3 aromatic rings. The molecule has 2 unspecified atom stereocenters. The van der Waals surface area contributed by atoms with Crippen molar-refractivity contribution in [3.05, 3.63) is 54.1 Å². The Kier molecular flexibility index (Phi) is 4.03. The summed E-state index contributed by atoms with van der Waals surface area (Å²) in [7, 11) is 0. The number of ether oxygens (including phenoxy) is 1. The van der Waals surface area contributed by atoms with E-state index >= 15 is 0 Å². The van der Waals surface area contributed by atoms with Crippen molar-refractivity contribution in [2.45, 2.75) is 25.3 Å². The van der Waals surface area contributed by atoms with Gasteiger partial charge in [0.25, 0.3) is 0 Å². The Morgan fingerprint density at radius 1 is 1.23 bits per heavy atom. The average Bonchev–Trinajstić information content (AvgIpc) is 3.09. The van der Waals surface area contributed by atoms with Gasteiger partial charge in [-0.3, -0.25) is 4.40 Å². The molecule has 2 aromatic heterocycles. The minimum absolute atomic E-state index is 0.173. The van der Waals surface area contributed by atoms with Crippen LogP contribution in [-0.4, -0.2) is 38.8 Å². The molecule has 1 aromatic carbocycles. The molecule has 0 saturated carbocycles. The van der Waals surface area contributed by atoms with Crippen molar-refractivity contribution < 1.29 is 17.9 Å². The highest BCUT2D eigenvalue weighted by Gasteiger charge is 2.33. The SMILES string of the molecule is CC1CN(c2nccn3cnnc23)CC(c2cccc(C(F)(F)F)c2)O1. The van der Waals surface area contributed by atoms with Crippen LogP contribution in [0.25, 0.3) is 5.65 Å². The number of benzene rings is 1. The number of halogens is 3. The topological polar surface area (TPSA) is 55.6 Å². The van der Waals surface area contributed by atoms with Crippen molar-refractivity contribution in [2.75, 3.05) is 18.0 Å². The van der Waals surface area contributed by atoms with Crippen LogP contribution in [-0.2, 0) is 10.9 Å². The number of alkyl halides is 3. The molecule has 3 heterocycles. The first-order chi connectivity index (χ1) is 12.4. The van der Waals surface area contributed by atoms with Crippen molar-refractivity contribution in [1.29, 1.82) is 0 Å². The van der Waals surface area contributed by atoms with Gasteiger partial charge in [0.1, 0.15) is 12.4 Å². The number of hydrogen-bond acceptors (Lipinski definition) is 5. The lowest BCUT2D eigenvalue weighted by atomic mass is 10.0. The normalized spacial score (nSPS) is 21.3. The minimum atomic E-state index is -4.38. The van der Waals surface area contributed by atoms with Crippen molar-refractivity contribution in [1.82, 2.24) is 19.6 Å².